The van der Waals surface area contributed by atoms with Crippen LogP contribution >= 0.6 is 15.9 Å². The van der Waals surface area contributed by atoms with Crippen molar-refractivity contribution in [3.05, 3.63) is 58.7 Å². The van der Waals surface area contributed by atoms with Crippen LogP contribution in [0.1, 0.15) is 101 Å². The van der Waals surface area contributed by atoms with Gasteiger partial charge in [-0.05, 0) is 153 Å². The number of phenolic OH excluding ortho intramolecular Hbond substituents is 2. The minimum Gasteiger partial charge on any atom is -0.508 e. The van der Waals surface area contributed by atoms with E-state index in [0.717, 1.165) is 47.9 Å². The Bertz CT molecular complexity index is 1660. The second kappa shape index (κ2) is 13.4. The molecule has 0 aromatic heterocycles. The number of rotatable bonds is 10. The number of aromatic hydroxyl groups is 2. The van der Waals surface area contributed by atoms with Crippen molar-refractivity contribution in [1.82, 2.24) is 0 Å². The van der Waals surface area contributed by atoms with Crippen molar-refractivity contribution in [2.24, 2.45) is 51.8 Å². The molecule has 0 spiro atoms. The predicted molar refractivity (Wildman–Crippen MR) is 194 cm³/mol. The molecule has 9 unspecified atom stereocenters. The summed E-state index contributed by atoms with van der Waals surface area (Å²) in [6.45, 7) is 10.2. The van der Waals surface area contributed by atoms with E-state index >= 15 is 0 Å². The van der Waals surface area contributed by atoms with Crippen LogP contribution in [0.5, 0.6) is 11.5 Å². The van der Waals surface area contributed by atoms with E-state index in [0.29, 0.717) is 44.9 Å². The van der Waals surface area contributed by atoms with Crippen LogP contribution in [0.15, 0.2) is 36.4 Å². The Kier molecular flexibility index (Phi) is 9.84. The third-order valence-electron chi connectivity index (χ3n) is 14.4. The maximum absolute atomic E-state index is 14.5. The topological polar surface area (TPSA) is 109 Å². The van der Waals surface area contributed by atoms with Crippen molar-refractivity contribution >= 4 is 39.1 Å². The Balaban J connectivity index is 1.39. The van der Waals surface area contributed by atoms with Gasteiger partial charge in [-0.15, -0.1) is 0 Å². The van der Waals surface area contributed by atoms with Gasteiger partial charge in [0.05, 0.1) is 5.33 Å². The quantitative estimate of drug-likeness (QED) is 0.237. The molecule has 0 heterocycles. The molecule has 6 rings (SSSR count). The molecule has 6 nitrogen and oxygen atoms in total. The molecular formula is C42H53BrO6. The Morgan fingerprint density at radius 1 is 0.837 bits per heavy atom. The summed E-state index contributed by atoms with van der Waals surface area (Å²) in [7, 11) is 0. The lowest BCUT2D eigenvalue weighted by atomic mass is 9.46. The number of halogens is 1. The Labute approximate surface area is 300 Å². The average molecular weight is 734 g/mol. The van der Waals surface area contributed by atoms with E-state index in [2.05, 4.69) is 36.7 Å². The van der Waals surface area contributed by atoms with Gasteiger partial charge in [-0.3, -0.25) is 19.2 Å². The lowest BCUT2D eigenvalue weighted by molar-refractivity contribution is -0.154. The number of hydrogen-bond donors (Lipinski definition) is 2. The maximum atomic E-state index is 14.5. The lowest BCUT2D eigenvalue weighted by Crippen LogP contribution is -2.56. The minimum atomic E-state index is -0.764. The van der Waals surface area contributed by atoms with Crippen LogP contribution in [-0.2, 0) is 32.0 Å². The number of hydrogen-bond acceptors (Lipinski definition) is 6. The summed E-state index contributed by atoms with van der Waals surface area (Å²) >= 11 is 3.46. The zero-order valence-corrected chi connectivity index (χ0v) is 31.4. The van der Waals surface area contributed by atoms with E-state index in [1.54, 1.807) is 19.1 Å². The number of carbonyl (C=O) groups is 4. The van der Waals surface area contributed by atoms with E-state index in [1.165, 1.54) is 0 Å². The van der Waals surface area contributed by atoms with Crippen molar-refractivity contribution < 1.29 is 29.4 Å². The molecule has 4 aliphatic carbocycles. The van der Waals surface area contributed by atoms with Crippen molar-refractivity contribution in [3.63, 3.8) is 0 Å². The molecule has 0 radical (unpaired) electrons. The van der Waals surface area contributed by atoms with Gasteiger partial charge in [0, 0.05) is 37.0 Å². The predicted octanol–water partition coefficient (Wildman–Crippen LogP) is 8.45. The van der Waals surface area contributed by atoms with Gasteiger partial charge in [-0.1, -0.05) is 41.9 Å². The van der Waals surface area contributed by atoms with Crippen molar-refractivity contribution in [3.8, 4) is 11.5 Å². The standard InChI is InChI=1S/C42H53BrO6/c1-24-6-12-31(45)16-27(24)8-10-29-18-34(48)22-41(5)35(29)14-15-42(41,26(3)44)37-20-36(38(49)23-43)40(4)21-33(47)19-30(39(37)40)11-9-28-17-32(46)13-7-25(28)2/h6-7,12-13,16-17,29-30,35-37,39,45-46H,8-11,14-15,18-23H2,1-5H3. The summed E-state index contributed by atoms with van der Waals surface area (Å²) in [6.07, 6.45) is 6.85. The van der Waals surface area contributed by atoms with Crippen molar-refractivity contribution in [2.75, 3.05) is 5.33 Å². The van der Waals surface area contributed by atoms with Crippen LogP contribution in [0.2, 0.25) is 0 Å². The number of fused-ring (bicyclic) bond motifs is 2. The average Bonchev–Trinajstić information content (AvgIpc) is 3.52. The highest BCUT2D eigenvalue weighted by Crippen LogP contribution is 2.74. The second-order valence-corrected chi connectivity index (χ2v) is 17.3. The summed E-state index contributed by atoms with van der Waals surface area (Å²) in [5.74, 6) is 0.982. The molecule has 0 bridgehead atoms. The number of ketones is 4. The number of aryl methyl sites for hydroxylation is 4. The molecule has 4 aliphatic rings. The number of carbonyl (C=O) groups excluding carboxylic acids is 4. The largest absolute Gasteiger partial charge is 0.508 e. The molecule has 0 aliphatic heterocycles. The van der Waals surface area contributed by atoms with Crippen LogP contribution < -0.4 is 0 Å². The smallest absolute Gasteiger partial charge is 0.147 e. The van der Waals surface area contributed by atoms with E-state index in [-0.39, 0.29) is 75.5 Å². The first-order chi connectivity index (χ1) is 23.1. The van der Waals surface area contributed by atoms with E-state index in [9.17, 15) is 29.4 Å². The Morgan fingerprint density at radius 2 is 1.39 bits per heavy atom. The fourth-order valence-electron chi connectivity index (χ4n) is 12.3. The molecule has 0 amide bonds. The van der Waals surface area contributed by atoms with E-state index < -0.39 is 16.2 Å². The van der Waals surface area contributed by atoms with Gasteiger partial charge in [-0.2, -0.15) is 0 Å². The van der Waals surface area contributed by atoms with Crippen molar-refractivity contribution in [2.45, 2.75) is 105 Å². The molecule has 49 heavy (non-hydrogen) atoms. The third kappa shape index (κ3) is 6.04. The molecule has 2 N–H and O–H groups in total. The molecule has 0 saturated heterocycles. The summed E-state index contributed by atoms with van der Waals surface area (Å²) in [4.78, 5) is 55.7. The van der Waals surface area contributed by atoms with Crippen molar-refractivity contribution in [1.29, 1.82) is 0 Å². The number of alkyl halides is 1. The van der Waals surface area contributed by atoms with E-state index in [1.807, 2.05) is 31.2 Å². The SMILES string of the molecule is CC(=O)C1(C2CC(C(=O)CBr)C3(C)CC(=O)CC(CCc4cc(O)ccc4C)C23)CCC2C(CCc3cc(O)ccc3C)CC(=O)CC21C. The summed E-state index contributed by atoms with van der Waals surface area (Å²) in [6, 6.07) is 10.9. The summed E-state index contributed by atoms with van der Waals surface area (Å²) in [5, 5.41) is 20.6. The summed E-state index contributed by atoms with van der Waals surface area (Å²) in [5.41, 5.74) is 2.49. The zero-order valence-electron chi connectivity index (χ0n) is 29.8. The highest BCUT2D eigenvalue weighted by atomic mass is 79.9. The maximum Gasteiger partial charge on any atom is 0.147 e. The van der Waals surface area contributed by atoms with Gasteiger partial charge in [0.1, 0.15) is 34.6 Å². The normalized spacial score (nSPS) is 35.6. The van der Waals surface area contributed by atoms with Gasteiger partial charge in [0.25, 0.3) is 0 Å². The summed E-state index contributed by atoms with van der Waals surface area (Å²) < 4.78 is 0. The van der Waals surface area contributed by atoms with Gasteiger partial charge < -0.3 is 10.2 Å². The number of Topliss-reactive ketones (excluding diaryl/α,β-unsaturated/α-hetero) is 4. The molecule has 4 saturated carbocycles. The lowest BCUT2D eigenvalue weighted by Gasteiger charge is -2.56. The molecule has 9 atom stereocenters. The molecule has 4 fully saturated rings. The second-order valence-electron chi connectivity index (χ2n) is 16.8. The first kappa shape index (κ1) is 36.0. The number of phenols is 2. The van der Waals surface area contributed by atoms with Crippen LogP contribution in [0.3, 0.4) is 0 Å². The van der Waals surface area contributed by atoms with Gasteiger partial charge >= 0.3 is 0 Å². The molecule has 264 valence electrons. The molecule has 7 heteroatoms. The first-order valence-corrected chi connectivity index (χ1v) is 19.5. The highest BCUT2D eigenvalue weighted by molar-refractivity contribution is 9.09. The van der Waals surface area contributed by atoms with Crippen LogP contribution in [-0.4, -0.2) is 38.7 Å². The van der Waals surface area contributed by atoms with Crippen LogP contribution in [0, 0.1) is 65.6 Å². The Morgan fingerprint density at radius 3 is 1.96 bits per heavy atom. The molecule has 2 aromatic rings. The fourth-order valence-corrected chi connectivity index (χ4v) is 12.7. The minimum absolute atomic E-state index is 0.00572. The fraction of sp³-hybridized carbons (Fsp3) is 0.619. The third-order valence-corrected chi connectivity index (χ3v) is 14.9. The van der Waals surface area contributed by atoms with Gasteiger partial charge in [0.15, 0.2) is 0 Å². The van der Waals surface area contributed by atoms with Gasteiger partial charge in [0.2, 0.25) is 0 Å². The molecule has 2 aromatic carbocycles. The molecular weight excluding hydrogens is 680 g/mol. The van der Waals surface area contributed by atoms with Crippen LogP contribution in [0.4, 0.5) is 0 Å². The first-order valence-electron chi connectivity index (χ1n) is 18.3. The van der Waals surface area contributed by atoms with Crippen LogP contribution in [0.25, 0.3) is 0 Å². The van der Waals surface area contributed by atoms with Gasteiger partial charge in [-0.25, -0.2) is 0 Å². The zero-order chi connectivity index (χ0) is 35.5. The number of benzene rings is 2. The Hall–Kier alpha value is -2.80. The highest BCUT2D eigenvalue weighted by Gasteiger charge is 2.72. The monoisotopic (exact) mass is 732 g/mol. The van der Waals surface area contributed by atoms with E-state index in [4.69, 9.17) is 0 Å².